The van der Waals surface area contributed by atoms with E-state index < -0.39 is 0 Å². The molecule has 0 saturated carbocycles. The Morgan fingerprint density at radius 2 is 1.93 bits per heavy atom. The van der Waals surface area contributed by atoms with E-state index in [0.29, 0.717) is 19.0 Å². The Labute approximate surface area is 180 Å². The maximum atomic E-state index is 12.7. The molecule has 166 valence electrons. The summed E-state index contributed by atoms with van der Waals surface area (Å²) in [5.41, 5.74) is 1.02. The Balaban J connectivity index is 1.50. The monoisotopic (exact) mass is 416 g/mol. The van der Waals surface area contributed by atoms with Crippen LogP contribution in [0.1, 0.15) is 38.7 Å². The van der Waals surface area contributed by atoms with Gasteiger partial charge in [0.1, 0.15) is 0 Å². The van der Waals surface area contributed by atoms with Gasteiger partial charge in [0, 0.05) is 64.6 Å². The van der Waals surface area contributed by atoms with Crippen LogP contribution in [0.3, 0.4) is 0 Å². The standard InChI is InChI=1S/C22H36N6O2/c1-4-16-30-20-19(8-7-9-24-20)17-25-22(23-3)28-14-12-26(13-15-28)18(2)21(29)27-10-5-6-11-27/h7-9,18H,4-6,10-17H2,1-3H3,(H,23,25). The lowest BCUT2D eigenvalue weighted by molar-refractivity contribution is -0.135. The van der Waals surface area contributed by atoms with Crippen LogP contribution in [-0.4, -0.2) is 90.5 Å². The third-order valence-corrected chi connectivity index (χ3v) is 5.88. The fraction of sp³-hybridized carbons (Fsp3) is 0.682. The number of nitrogens with one attached hydrogen (secondary N) is 1. The van der Waals surface area contributed by atoms with Gasteiger partial charge in [-0.05, 0) is 32.3 Å². The quantitative estimate of drug-likeness (QED) is 0.537. The molecule has 1 aromatic rings. The third-order valence-electron chi connectivity index (χ3n) is 5.88. The topological polar surface area (TPSA) is 73.3 Å². The molecule has 0 aliphatic carbocycles. The molecule has 2 aliphatic heterocycles. The van der Waals surface area contributed by atoms with Crippen molar-refractivity contribution in [3.05, 3.63) is 23.9 Å². The summed E-state index contributed by atoms with van der Waals surface area (Å²) >= 11 is 0. The first-order valence-electron chi connectivity index (χ1n) is 11.2. The molecule has 0 spiro atoms. The van der Waals surface area contributed by atoms with Crippen molar-refractivity contribution in [3.8, 4) is 5.88 Å². The molecule has 1 amide bonds. The molecule has 3 rings (SSSR count). The van der Waals surface area contributed by atoms with Crippen molar-refractivity contribution in [2.45, 2.75) is 45.7 Å². The fourth-order valence-corrected chi connectivity index (χ4v) is 4.07. The van der Waals surface area contributed by atoms with E-state index in [1.807, 2.05) is 31.0 Å². The van der Waals surface area contributed by atoms with Gasteiger partial charge in [0.05, 0.1) is 12.6 Å². The average Bonchev–Trinajstić information content (AvgIpc) is 3.33. The first-order chi connectivity index (χ1) is 14.6. The van der Waals surface area contributed by atoms with Crippen LogP contribution in [0, 0.1) is 0 Å². The Hall–Kier alpha value is -2.35. The minimum Gasteiger partial charge on any atom is -0.477 e. The zero-order chi connectivity index (χ0) is 21.3. The first-order valence-corrected chi connectivity index (χ1v) is 11.2. The Morgan fingerprint density at radius 3 is 2.60 bits per heavy atom. The lowest BCUT2D eigenvalue weighted by atomic mass is 10.2. The SMILES string of the molecule is CCCOc1ncccc1CNC(=NC)N1CCN(C(C)C(=O)N2CCCC2)CC1. The van der Waals surface area contributed by atoms with Crippen LogP contribution in [0.15, 0.2) is 23.3 Å². The van der Waals surface area contributed by atoms with Gasteiger partial charge in [-0.2, -0.15) is 0 Å². The molecule has 0 radical (unpaired) electrons. The second kappa shape index (κ2) is 11.2. The highest BCUT2D eigenvalue weighted by Crippen LogP contribution is 2.16. The van der Waals surface area contributed by atoms with Gasteiger partial charge in [-0.15, -0.1) is 0 Å². The van der Waals surface area contributed by atoms with Gasteiger partial charge in [0.15, 0.2) is 5.96 Å². The third kappa shape index (κ3) is 5.62. The highest BCUT2D eigenvalue weighted by Gasteiger charge is 2.30. The number of carbonyl (C=O) groups excluding carboxylic acids is 1. The Morgan fingerprint density at radius 1 is 1.20 bits per heavy atom. The number of piperazine rings is 1. The molecule has 8 nitrogen and oxygen atoms in total. The Bertz CT molecular complexity index is 711. The lowest BCUT2D eigenvalue weighted by Gasteiger charge is -2.39. The molecule has 2 saturated heterocycles. The van der Waals surface area contributed by atoms with E-state index in [2.05, 4.69) is 32.0 Å². The number of guanidine groups is 1. The van der Waals surface area contributed by atoms with Gasteiger partial charge in [0.25, 0.3) is 0 Å². The maximum absolute atomic E-state index is 12.7. The molecular weight excluding hydrogens is 380 g/mol. The molecule has 30 heavy (non-hydrogen) atoms. The molecule has 1 atom stereocenters. The molecule has 0 aromatic carbocycles. The summed E-state index contributed by atoms with van der Waals surface area (Å²) in [4.78, 5) is 28.1. The largest absolute Gasteiger partial charge is 0.477 e. The number of nitrogens with zero attached hydrogens (tertiary/aromatic N) is 5. The second-order valence-corrected chi connectivity index (χ2v) is 7.95. The van der Waals surface area contributed by atoms with Crippen molar-refractivity contribution in [2.75, 3.05) is 52.9 Å². The van der Waals surface area contributed by atoms with Crippen molar-refractivity contribution in [2.24, 2.45) is 4.99 Å². The minimum atomic E-state index is -0.0473. The van der Waals surface area contributed by atoms with E-state index in [9.17, 15) is 4.79 Å². The number of hydrogen-bond acceptors (Lipinski definition) is 5. The maximum Gasteiger partial charge on any atom is 0.239 e. The zero-order valence-corrected chi connectivity index (χ0v) is 18.6. The first kappa shape index (κ1) is 22.3. The highest BCUT2D eigenvalue weighted by molar-refractivity contribution is 5.82. The molecule has 2 fully saturated rings. The number of ether oxygens (including phenoxy) is 1. The van der Waals surface area contributed by atoms with Crippen LogP contribution in [0.2, 0.25) is 0 Å². The predicted octanol–water partition coefficient (Wildman–Crippen LogP) is 1.57. The van der Waals surface area contributed by atoms with Crippen molar-refractivity contribution in [1.82, 2.24) is 25.0 Å². The number of hydrogen-bond donors (Lipinski definition) is 1. The van der Waals surface area contributed by atoms with Crippen LogP contribution in [0.25, 0.3) is 0 Å². The van der Waals surface area contributed by atoms with E-state index in [1.54, 1.807) is 6.20 Å². The summed E-state index contributed by atoms with van der Waals surface area (Å²) in [6.07, 6.45) is 4.98. The van der Waals surface area contributed by atoms with E-state index in [0.717, 1.165) is 70.1 Å². The summed E-state index contributed by atoms with van der Waals surface area (Å²) in [7, 11) is 1.81. The smallest absolute Gasteiger partial charge is 0.239 e. The lowest BCUT2D eigenvalue weighted by Crippen LogP contribution is -2.57. The predicted molar refractivity (Wildman–Crippen MR) is 119 cm³/mol. The molecule has 1 unspecified atom stereocenters. The van der Waals surface area contributed by atoms with Gasteiger partial charge < -0.3 is 19.9 Å². The number of pyridine rings is 1. The van der Waals surface area contributed by atoms with Crippen LogP contribution in [-0.2, 0) is 11.3 Å². The Kier molecular flexibility index (Phi) is 8.30. The van der Waals surface area contributed by atoms with Crippen molar-refractivity contribution >= 4 is 11.9 Å². The van der Waals surface area contributed by atoms with Crippen LogP contribution in [0.4, 0.5) is 0 Å². The molecular formula is C22H36N6O2. The minimum absolute atomic E-state index is 0.0473. The summed E-state index contributed by atoms with van der Waals surface area (Å²) in [5.74, 6) is 1.83. The van der Waals surface area contributed by atoms with Crippen molar-refractivity contribution < 1.29 is 9.53 Å². The van der Waals surface area contributed by atoms with Gasteiger partial charge in [-0.3, -0.25) is 14.7 Å². The number of amides is 1. The second-order valence-electron chi connectivity index (χ2n) is 7.95. The normalized spacial score (nSPS) is 19.1. The summed E-state index contributed by atoms with van der Waals surface area (Å²) in [6, 6.07) is 3.91. The van der Waals surface area contributed by atoms with Gasteiger partial charge in [0.2, 0.25) is 11.8 Å². The van der Waals surface area contributed by atoms with E-state index >= 15 is 0 Å². The molecule has 0 bridgehead atoms. The number of rotatable bonds is 7. The summed E-state index contributed by atoms with van der Waals surface area (Å²) < 4.78 is 5.76. The molecule has 3 heterocycles. The summed E-state index contributed by atoms with van der Waals surface area (Å²) in [6.45, 7) is 10.7. The van der Waals surface area contributed by atoms with Gasteiger partial charge >= 0.3 is 0 Å². The van der Waals surface area contributed by atoms with Crippen LogP contribution < -0.4 is 10.1 Å². The highest BCUT2D eigenvalue weighted by atomic mass is 16.5. The van der Waals surface area contributed by atoms with E-state index in [1.165, 1.54) is 0 Å². The van der Waals surface area contributed by atoms with E-state index in [4.69, 9.17) is 4.74 Å². The van der Waals surface area contributed by atoms with Crippen molar-refractivity contribution in [1.29, 1.82) is 0 Å². The van der Waals surface area contributed by atoms with Crippen molar-refractivity contribution in [3.63, 3.8) is 0 Å². The fourth-order valence-electron chi connectivity index (χ4n) is 4.07. The van der Waals surface area contributed by atoms with Crippen LogP contribution >= 0.6 is 0 Å². The number of likely N-dealkylation sites (tertiary alicyclic amines) is 1. The summed E-state index contributed by atoms with van der Waals surface area (Å²) in [5, 5.41) is 3.45. The molecule has 8 heteroatoms. The molecule has 1 N–H and O–H groups in total. The molecule has 2 aliphatic rings. The molecule has 1 aromatic heterocycles. The number of aromatic nitrogens is 1. The zero-order valence-electron chi connectivity index (χ0n) is 18.6. The number of carbonyl (C=O) groups is 1. The number of aliphatic imine (C=N–C) groups is 1. The van der Waals surface area contributed by atoms with Gasteiger partial charge in [-0.1, -0.05) is 13.0 Å². The van der Waals surface area contributed by atoms with E-state index in [-0.39, 0.29) is 11.9 Å². The van der Waals surface area contributed by atoms with Crippen LogP contribution in [0.5, 0.6) is 5.88 Å². The van der Waals surface area contributed by atoms with Gasteiger partial charge in [-0.25, -0.2) is 4.98 Å². The average molecular weight is 417 g/mol.